The minimum absolute atomic E-state index is 0.236. The highest BCUT2D eigenvalue weighted by Gasteiger charge is 2.46. The number of nitriles is 1. The summed E-state index contributed by atoms with van der Waals surface area (Å²) < 4.78 is 5.68. The molecule has 0 bridgehead atoms. The van der Waals surface area contributed by atoms with Crippen LogP contribution in [0.15, 0.2) is 0 Å². The summed E-state index contributed by atoms with van der Waals surface area (Å²) in [6.45, 7) is 4.15. The van der Waals surface area contributed by atoms with Gasteiger partial charge in [-0.3, -0.25) is 5.32 Å². The smallest absolute Gasteiger partial charge is 0.109 e. The fourth-order valence-electron chi connectivity index (χ4n) is 4.25. The van der Waals surface area contributed by atoms with E-state index in [-0.39, 0.29) is 5.54 Å². The molecule has 0 aromatic carbocycles. The van der Waals surface area contributed by atoms with Crippen LogP contribution in [0.4, 0.5) is 0 Å². The Hall–Kier alpha value is -0.630. The van der Waals surface area contributed by atoms with E-state index in [0.717, 1.165) is 32.4 Å². The lowest BCUT2D eigenvalue weighted by molar-refractivity contribution is 0.0806. The molecule has 4 nitrogen and oxygen atoms in total. The lowest BCUT2D eigenvalue weighted by Crippen LogP contribution is -2.49. The Morgan fingerprint density at radius 2 is 2.14 bits per heavy atom. The first-order valence-electron chi connectivity index (χ1n) is 8.65. The summed E-state index contributed by atoms with van der Waals surface area (Å²) >= 11 is 0. The predicted octanol–water partition coefficient (Wildman–Crippen LogP) is 2.30. The highest BCUT2D eigenvalue weighted by Crippen LogP contribution is 2.40. The van der Waals surface area contributed by atoms with Gasteiger partial charge in [-0.25, -0.2) is 0 Å². The molecular formula is C17H29N3O. The Balaban J connectivity index is 1.54. The summed E-state index contributed by atoms with van der Waals surface area (Å²) in [4.78, 5) is 2.45. The number of hydrogen-bond donors (Lipinski definition) is 1. The van der Waals surface area contributed by atoms with Crippen LogP contribution in [0, 0.1) is 17.2 Å². The molecule has 4 unspecified atom stereocenters. The van der Waals surface area contributed by atoms with Gasteiger partial charge in [0.15, 0.2) is 0 Å². The number of nitrogens with one attached hydrogen (secondary N) is 1. The normalized spacial score (nSPS) is 39.8. The maximum absolute atomic E-state index is 9.74. The van der Waals surface area contributed by atoms with E-state index in [2.05, 4.69) is 30.3 Å². The van der Waals surface area contributed by atoms with Crippen molar-refractivity contribution in [3.63, 3.8) is 0 Å². The second kappa shape index (κ2) is 6.24. The molecule has 3 rings (SSSR count). The molecule has 118 valence electrons. The molecule has 3 fully saturated rings. The van der Waals surface area contributed by atoms with Crippen LogP contribution in [0.25, 0.3) is 0 Å². The van der Waals surface area contributed by atoms with E-state index in [4.69, 9.17) is 4.74 Å². The number of ether oxygens (including phenoxy) is 1. The molecule has 4 atom stereocenters. The van der Waals surface area contributed by atoms with Gasteiger partial charge in [0.05, 0.1) is 12.2 Å². The lowest BCUT2D eigenvalue weighted by atomic mass is 9.85. The molecule has 1 aliphatic heterocycles. The van der Waals surface area contributed by atoms with Gasteiger partial charge in [-0.15, -0.1) is 0 Å². The van der Waals surface area contributed by atoms with Crippen molar-refractivity contribution in [3.8, 4) is 6.07 Å². The van der Waals surface area contributed by atoms with E-state index < -0.39 is 0 Å². The third kappa shape index (κ3) is 3.26. The first kappa shape index (κ1) is 15.3. The summed E-state index contributed by atoms with van der Waals surface area (Å²) in [5, 5.41) is 13.4. The van der Waals surface area contributed by atoms with E-state index in [1.165, 1.54) is 25.7 Å². The zero-order chi connectivity index (χ0) is 14.9. The Morgan fingerprint density at radius 1 is 1.33 bits per heavy atom. The molecule has 1 N–H and O–H groups in total. The van der Waals surface area contributed by atoms with Crippen LogP contribution in [0.1, 0.15) is 51.9 Å². The molecule has 21 heavy (non-hydrogen) atoms. The highest BCUT2D eigenvalue weighted by molar-refractivity contribution is 5.16. The quantitative estimate of drug-likeness (QED) is 0.816. The topological polar surface area (TPSA) is 48.3 Å². The van der Waals surface area contributed by atoms with Crippen LogP contribution in [0.2, 0.25) is 0 Å². The van der Waals surface area contributed by atoms with Crippen LogP contribution >= 0.6 is 0 Å². The third-order valence-electron chi connectivity index (χ3n) is 5.79. The van der Waals surface area contributed by atoms with Gasteiger partial charge in [-0.2, -0.15) is 5.26 Å². The molecule has 0 aromatic heterocycles. The van der Waals surface area contributed by atoms with Crippen LogP contribution in [-0.4, -0.2) is 48.8 Å². The number of nitrogens with zero attached hydrogens (tertiary/aromatic N) is 2. The van der Waals surface area contributed by atoms with E-state index in [9.17, 15) is 5.26 Å². The fraction of sp³-hybridized carbons (Fsp3) is 0.941. The summed E-state index contributed by atoms with van der Waals surface area (Å²) in [5.74, 6) is 0.517. The van der Waals surface area contributed by atoms with Gasteiger partial charge < -0.3 is 9.64 Å². The van der Waals surface area contributed by atoms with Crippen LogP contribution < -0.4 is 5.32 Å². The Labute approximate surface area is 128 Å². The van der Waals surface area contributed by atoms with E-state index in [1.54, 1.807) is 0 Å². The average molecular weight is 291 g/mol. The SMILES string of the molecule is CC1OCCC1N(C)CCC1CCCC1(C#N)NC1CC1. The molecule has 2 aliphatic carbocycles. The highest BCUT2D eigenvalue weighted by atomic mass is 16.5. The van der Waals surface area contributed by atoms with Crippen LogP contribution in [0.3, 0.4) is 0 Å². The Kier molecular flexibility index (Phi) is 4.54. The molecule has 0 aromatic rings. The van der Waals surface area contributed by atoms with Crippen molar-refractivity contribution >= 4 is 0 Å². The first-order chi connectivity index (χ1) is 10.1. The maximum Gasteiger partial charge on any atom is 0.109 e. The Morgan fingerprint density at radius 3 is 2.76 bits per heavy atom. The summed E-state index contributed by atoms with van der Waals surface area (Å²) in [6, 6.07) is 3.82. The standard InChI is InChI=1S/C17H29N3O/c1-13-16(8-11-21-13)20(2)10-7-14-4-3-9-17(14,12-18)19-15-5-6-15/h13-16,19H,3-11H2,1-2H3. The van der Waals surface area contributed by atoms with Gasteiger partial charge in [0, 0.05) is 18.7 Å². The van der Waals surface area contributed by atoms with Crippen LogP contribution in [0.5, 0.6) is 0 Å². The third-order valence-corrected chi connectivity index (χ3v) is 5.79. The molecule has 1 saturated heterocycles. The van der Waals surface area contributed by atoms with Gasteiger partial charge in [-0.1, -0.05) is 6.42 Å². The zero-order valence-electron chi connectivity index (χ0n) is 13.5. The zero-order valence-corrected chi connectivity index (χ0v) is 13.5. The summed E-state index contributed by atoms with van der Waals surface area (Å²) in [5.41, 5.74) is -0.236. The van der Waals surface area contributed by atoms with E-state index in [1.807, 2.05) is 0 Å². The molecule has 0 amide bonds. The molecule has 2 saturated carbocycles. The van der Waals surface area contributed by atoms with Crippen LogP contribution in [-0.2, 0) is 4.74 Å². The first-order valence-corrected chi connectivity index (χ1v) is 8.65. The van der Waals surface area contributed by atoms with Gasteiger partial charge in [0.25, 0.3) is 0 Å². The fourth-order valence-corrected chi connectivity index (χ4v) is 4.25. The average Bonchev–Trinajstić information content (AvgIpc) is 3.03. The van der Waals surface area contributed by atoms with Crippen molar-refractivity contribution in [2.45, 2.75) is 75.6 Å². The van der Waals surface area contributed by atoms with Gasteiger partial charge >= 0.3 is 0 Å². The van der Waals surface area contributed by atoms with Crippen molar-refractivity contribution in [3.05, 3.63) is 0 Å². The van der Waals surface area contributed by atoms with Crippen molar-refractivity contribution < 1.29 is 4.74 Å². The van der Waals surface area contributed by atoms with E-state index in [0.29, 0.717) is 24.1 Å². The molecule has 1 heterocycles. The molecule has 0 radical (unpaired) electrons. The van der Waals surface area contributed by atoms with Gasteiger partial charge in [0.1, 0.15) is 5.54 Å². The number of hydrogen-bond acceptors (Lipinski definition) is 4. The molecule has 3 aliphatic rings. The predicted molar refractivity (Wildman–Crippen MR) is 82.9 cm³/mol. The largest absolute Gasteiger partial charge is 0.377 e. The minimum Gasteiger partial charge on any atom is -0.377 e. The van der Waals surface area contributed by atoms with Crippen molar-refractivity contribution in [1.82, 2.24) is 10.2 Å². The second-order valence-corrected chi connectivity index (χ2v) is 7.29. The summed E-state index contributed by atoms with van der Waals surface area (Å²) in [7, 11) is 2.22. The van der Waals surface area contributed by atoms with Crippen molar-refractivity contribution in [2.75, 3.05) is 20.2 Å². The number of likely N-dealkylation sites (N-methyl/N-ethyl adjacent to an activating group) is 1. The van der Waals surface area contributed by atoms with E-state index >= 15 is 0 Å². The van der Waals surface area contributed by atoms with Gasteiger partial charge in [0.2, 0.25) is 0 Å². The minimum atomic E-state index is -0.236. The maximum atomic E-state index is 9.74. The van der Waals surface area contributed by atoms with Crippen molar-refractivity contribution in [2.24, 2.45) is 5.92 Å². The second-order valence-electron chi connectivity index (χ2n) is 7.29. The molecular weight excluding hydrogens is 262 g/mol. The summed E-state index contributed by atoms with van der Waals surface area (Å²) in [6.07, 6.45) is 8.59. The monoisotopic (exact) mass is 291 g/mol. The molecule has 4 heteroatoms. The lowest BCUT2D eigenvalue weighted by Gasteiger charge is -2.33. The van der Waals surface area contributed by atoms with Crippen molar-refractivity contribution in [1.29, 1.82) is 5.26 Å². The Bertz CT molecular complexity index is 403. The van der Waals surface area contributed by atoms with Gasteiger partial charge in [-0.05, 0) is 65.0 Å². The number of rotatable bonds is 6. The molecule has 0 spiro atoms.